The van der Waals surface area contributed by atoms with Crippen molar-refractivity contribution in [1.29, 1.82) is 0 Å². The highest BCUT2D eigenvalue weighted by atomic mass is 19.1. The van der Waals surface area contributed by atoms with Gasteiger partial charge in [0.25, 0.3) is 0 Å². The van der Waals surface area contributed by atoms with E-state index < -0.39 is 24.3 Å². The molecule has 1 aliphatic carbocycles. The quantitative estimate of drug-likeness (QED) is 0.371. The van der Waals surface area contributed by atoms with Crippen molar-refractivity contribution in [1.82, 2.24) is 4.98 Å². The molecule has 2 aliphatic rings. The molecule has 1 saturated carbocycles. The molecule has 1 fully saturated rings. The van der Waals surface area contributed by atoms with Crippen LogP contribution in [0.2, 0.25) is 0 Å². The molecule has 2 heterocycles. The van der Waals surface area contributed by atoms with Gasteiger partial charge in [-0.2, -0.15) is 0 Å². The van der Waals surface area contributed by atoms with Gasteiger partial charge < -0.3 is 19.3 Å². The summed E-state index contributed by atoms with van der Waals surface area (Å²) in [7, 11) is 2.82. The number of nitrogens with zero attached hydrogens (tertiary/aromatic N) is 1. The van der Waals surface area contributed by atoms with Crippen LogP contribution in [0.25, 0.3) is 11.1 Å². The Morgan fingerprint density at radius 3 is 2.61 bits per heavy atom. The Kier molecular flexibility index (Phi) is 7.34. The molecule has 8 heteroatoms. The molecule has 0 amide bonds. The number of benzene rings is 2. The molecule has 6 nitrogen and oxygen atoms in total. The van der Waals surface area contributed by atoms with Crippen molar-refractivity contribution in [2.24, 2.45) is 11.8 Å². The van der Waals surface area contributed by atoms with Crippen molar-refractivity contribution >= 4 is 5.97 Å². The average molecular weight is 524 g/mol. The standard InChI is InChI=1S/C30H31F2NO5/c1-16(30(35)37-3)28(18-5-6-18)19-7-4-17-8-11-25(38-26(17)12-19)21-10-9-20(23(15-34)29(21)32)22-13-27(36-2)33-14-24(22)31/h4,7,9-10,12-14,16,18,25,28,34H,5-6,8,11,15H2,1-3H3/t16-,25?,28-/m0/s1. The van der Waals surface area contributed by atoms with E-state index in [1.165, 1.54) is 20.3 Å². The van der Waals surface area contributed by atoms with Crippen molar-refractivity contribution < 1.29 is 32.9 Å². The Bertz CT molecular complexity index is 1360. The molecule has 1 aromatic heterocycles. The number of aliphatic hydroxyl groups excluding tert-OH is 1. The normalized spacial score (nSPS) is 18.2. The van der Waals surface area contributed by atoms with Gasteiger partial charge in [-0.25, -0.2) is 13.8 Å². The molecule has 2 aromatic carbocycles. The Labute approximate surface area is 220 Å². The minimum atomic E-state index is -0.644. The van der Waals surface area contributed by atoms with E-state index in [1.807, 2.05) is 19.1 Å². The number of hydrogen-bond acceptors (Lipinski definition) is 6. The van der Waals surface area contributed by atoms with Crippen LogP contribution in [0.15, 0.2) is 42.6 Å². The van der Waals surface area contributed by atoms with Gasteiger partial charge in [0.2, 0.25) is 5.88 Å². The highest BCUT2D eigenvalue weighted by Crippen LogP contribution is 2.48. The Balaban J connectivity index is 1.46. The zero-order valence-corrected chi connectivity index (χ0v) is 21.7. The third kappa shape index (κ3) is 4.85. The first-order valence-corrected chi connectivity index (χ1v) is 12.9. The maximum absolute atomic E-state index is 15.8. The summed E-state index contributed by atoms with van der Waals surface area (Å²) < 4.78 is 46.8. The van der Waals surface area contributed by atoms with E-state index in [-0.39, 0.29) is 40.4 Å². The van der Waals surface area contributed by atoms with E-state index in [4.69, 9.17) is 14.2 Å². The van der Waals surface area contributed by atoms with Gasteiger partial charge in [-0.15, -0.1) is 0 Å². The van der Waals surface area contributed by atoms with Crippen molar-refractivity contribution in [3.05, 3.63) is 76.5 Å². The second-order valence-electron chi connectivity index (χ2n) is 10.0. The van der Waals surface area contributed by atoms with Gasteiger partial charge in [-0.1, -0.05) is 31.2 Å². The molecular weight excluding hydrogens is 492 g/mol. The number of aromatic nitrogens is 1. The zero-order chi connectivity index (χ0) is 27.0. The first-order chi connectivity index (χ1) is 18.4. The van der Waals surface area contributed by atoms with Crippen LogP contribution >= 0.6 is 0 Å². The summed E-state index contributed by atoms with van der Waals surface area (Å²) in [6.45, 7) is 1.29. The molecule has 200 valence electrons. The first kappa shape index (κ1) is 26.1. The lowest BCUT2D eigenvalue weighted by atomic mass is 9.82. The number of halogens is 2. The summed E-state index contributed by atoms with van der Waals surface area (Å²) in [6.07, 6.45) is 3.81. The number of aliphatic hydroxyl groups is 1. The highest BCUT2D eigenvalue weighted by Gasteiger charge is 2.39. The van der Waals surface area contributed by atoms with E-state index in [0.29, 0.717) is 30.1 Å². The van der Waals surface area contributed by atoms with Crippen molar-refractivity contribution in [3.63, 3.8) is 0 Å². The molecule has 0 bridgehead atoms. The van der Waals surface area contributed by atoms with Crippen LogP contribution in [0.5, 0.6) is 11.6 Å². The van der Waals surface area contributed by atoms with Crippen LogP contribution in [-0.4, -0.2) is 30.3 Å². The maximum atomic E-state index is 15.8. The summed E-state index contributed by atoms with van der Waals surface area (Å²) in [4.78, 5) is 16.2. The van der Waals surface area contributed by atoms with Gasteiger partial charge >= 0.3 is 5.97 Å². The molecule has 38 heavy (non-hydrogen) atoms. The molecule has 1 unspecified atom stereocenters. The first-order valence-electron chi connectivity index (χ1n) is 12.9. The number of carbonyl (C=O) groups excluding carboxylic acids is 1. The summed E-state index contributed by atoms with van der Waals surface area (Å²) in [5.41, 5.74) is 2.65. The molecule has 0 saturated heterocycles. The molecule has 1 aliphatic heterocycles. The van der Waals surface area contributed by atoms with E-state index >= 15 is 4.39 Å². The molecule has 0 spiro atoms. The smallest absolute Gasteiger partial charge is 0.309 e. The zero-order valence-electron chi connectivity index (χ0n) is 21.7. The minimum Gasteiger partial charge on any atom is -0.485 e. The summed E-state index contributed by atoms with van der Waals surface area (Å²) in [5.74, 6) is -0.486. The number of ether oxygens (including phenoxy) is 3. The fourth-order valence-corrected chi connectivity index (χ4v) is 5.60. The lowest BCUT2D eigenvalue weighted by Gasteiger charge is -2.29. The van der Waals surface area contributed by atoms with Gasteiger partial charge in [-0.05, 0) is 60.3 Å². The molecular formula is C30H31F2NO5. The summed E-state index contributed by atoms with van der Waals surface area (Å²) in [6, 6.07) is 10.6. The number of esters is 1. The van der Waals surface area contributed by atoms with Crippen LogP contribution in [0.4, 0.5) is 8.78 Å². The topological polar surface area (TPSA) is 77.9 Å². The Morgan fingerprint density at radius 1 is 1.13 bits per heavy atom. The molecule has 5 rings (SSSR count). The van der Waals surface area contributed by atoms with Crippen molar-refractivity contribution in [2.45, 2.75) is 51.2 Å². The fraction of sp³-hybridized carbons (Fsp3) is 0.400. The summed E-state index contributed by atoms with van der Waals surface area (Å²) >= 11 is 0. The van der Waals surface area contributed by atoms with E-state index in [9.17, 15) is 14.3 Å². The van der Waals surface area contributed by atoms with Crippen LogP contribution in [-0.2, 0) is 22.6 Å². The van der Waals surface area contributed by atoms with Crippen molar-refractivity contribution in [3.8, 4) is 22.8 Å². The van der Waals surface area contributed by atoms with E-state index in [2.05, 4.69) is 11.1 Å². The third-order valence-corrected chi connectivity index (χ3v) is 7.77. The predicted molar refractivity (Wildman–Crippen MR) is 137 cm³/mol. The Hall–Kier alpha value is -3.52. The van der Waals surface area contributed by atoms with Crippen LogP contribution in [0.3, 0.4) is 0 Å². The molecule has 3 aromatic rings. The number of hydrogen-bond donors (Lipinski definition) is 1. The van der Waals surface area contributed by atoms with Crippen LogP contribution in [0, 0.1) is 23.5 Å². The largest absolute Gasteiger partial charge is 0.485 e. The number of fused-ring (bicyclic) bond motifs is 1. The number of pyridine rings is 1. The van der Waals surface area contributed by atoms with Crippen LogP contribution < -0.4 is 9.47 Å². The van der Waals surface area contributed by atoms with Gasteiger partial charge in [0.15, 0.2) is 0 Å². The Morgan fingerprint density at radius 2 is 1.92 bits per heavy atom. The number of methoxy groups -OCH3 is 2. The average Bonchev–Trinajstić information content (AvgIpc) is 3.77. The second kappa shape index (κ2) is 10.7. The minimum absolute atomic E-state index is 0.0153. The number of rotatable bonds is 8. The summed E-state index contributed by atoms with van der Waals surface area (Å²) in [5, 5.41) is 10.0. The maximum Gasteiger partial charge on any atom is 0.309 e. The number of carbonyl (C=O) groups is 1. The lowest BCUT2D eigenvalue weighted by molar-refractivity contribution is -0.145. The number of aryl methyl sites for hydroxylation is 1. The molecule has 0 radical (unpaired) electrons. The van der Waals surface area contributed by atoms with Crippen molar-refractivity contribution in [2.75, 3.05) is 14.2 Å². The molecule has 1 N–H and O–H groups in total. The third-order valence-electron chi connectivity index (χ3n) is 7.77. The fourth-order valence-electron chi connectivity index (χ4n) is 5.60. The van der Waals surface area contributed by atoms with E-state index in [1.54, 1.807) is 12.1 Å². The lowest BCUT2D eigenvalue weighted by Crippen LogP contribution is -2.23. The van der Waals surface area contributed by atoms with Crippen LogP contribution in [0.1, 0.15) is 60.5 Å². The van der Waals surface area contributed by atoms with Gasteiger partial charge in [0, 0.05) is 22.8 Å². The van der Waals surface area contributed by atoms with Gasteiger partial charge in [-0.3, -0.25) is 4.79 Å². The molecule has 3 atom stereocenters. The second-order valence-corrected chi connectivity index (χ2v) is 10.0. The van der Waals surface area contributed by atoms with E-state index in [0.717, 1.165) is 30.2 Å². The monoisotopic (exact) mass is 523 g/mol. The highest BCUT2D eigenvalue weighted by molar-refractivity contribution is 5.73. The predicted octanol–water partition coefficient (Wildman–Crippen LogP) is 5.90. The van der Waals surface area contributed by atoms with Gasteiger partial charge in [0.1, 0.15) is 23.5 Å². The van der Waals surface area contributed by atoms with Gasteiger partial charge in [0.05, 0.1) is 32.9 Å². The SMILES string of the molecule is COC(=O)[C@@H](C)[C@H](c1ccc2c(c1)OC(c1ccc(-c3cc(OC)ncc3F)c(CO)c1F)CC2)C1CC1.